The standard InChI is InChI=1S/C18H20F3N3O3S/c1-12-9-14(22-17(25)11-24(2)3)7-8-16(12)28(26,27)23-15-6-4-5-13(10-15)18(19,20)21/h4-10,23H,11H2,1-3H3,(H,22,25). The summed E-state index contributed by atoms with van der Waals surface area (Å²) >= 11 is 0. The average molecular weight is 415 g/mol. The molecule has 0 aliphatic carbocycles. The van der Waals surface area contributed by atoms with Gasteiger partial charge in [0.05, 0.1) is 17.0 Å². The van der Waals surface area contributed by atoms with Gasteiger partial charge in [-0.2, -0.15) is 13.2 Å². The zero-order valence-corrected chi connectivity index (χ0v) is 16.3. The lowest BCUT2D eigenvalue weighted by Gasteiger charge is -2.14. The predicted molar refractivity (Wildman–Crippen MR) is 101 cm³/mol. The van der Waals surface area contributed by atoms with Gasteiger partial charge in [0.15, 0.2) is 0 Å². The highest BCUT2D eigenvalue weighted by molar-refractivity contribution is 7.92. The van der Waals surface area contributed by atoms with Crippen molar-refractivity contribution in [3.05, 3.63) is 53.6 Å². The molecule has 0 radical (unpaired) electrons. The number of hydrogen-bond donors (Lipinski definition) is 2. The Morgan fingerprint density at radius 2 is 1.75 bits per heavy atom. The zero-order valence-electron chi connectivity index (χ0n) is 15.5. The van der Waals surface area contributed by atoms with Gasteiger partial charge < -0.3 is 10.2 Å². The summed E-state index contributed by atoms with van der Waals surface area (Å²) in [4.78, 5) is 13.4. The second-order valence-corrected chi connectivity index (χ2v) is 8.10. The quantitative estimate of drug-likeness (QED) is 0.759. The number of anilines is 2. The molecule has 0 atom stereocenters. The van der Waals surface area contributed by atoms with Crippen molar-refractivity contribution in [3.8, 4) is 0 Å². The van der Waals surface area contributed by atoms with Gasteiger partial charge in [-0.1, -0.05) is 6.07 Å². The lowest BCUT2D eigenvalue weighted by molar-refractivity contribution is -0.137. The van der Waals surface area contributed by atoms with E-state index in [-0.39, 0.29) is 23.0 Å². The Bertz CT molecular complexity index is 974. The van der Waals surface area contributed by atoms with Gasteiger partial charge in [0, 0.05) is 11.4 Å². The third-order valence-electron chi connectivity index (χ3n) is 3.65. The molecule has 6 nitrogen and oxygen atoms in total. The van der Waals surface area contributed by atoms with Crippen LogP contribution in [0.5, 0.6) is 0 Å². The van der Waals surface area contributed by atoms with Crippen molar-refractivity contribution in [1.82, 2.24) is 4.90 Å². The van der Waals surface area contributed by atoms with Crippen LogP contribution in [0, 0.1) is 6.92 Å². The number of nitrogens with zero attached hydrogens (tertiary/aromatic N) is 1. The fourth-order valence-corrected chi connectivity index (χ4v) is 3.76. The van der Waals surface area contributed by atoms with E-state index in [1.165, 1.54) is 31.2 Å². The molecule has 0 saturated heterocycles. The monoisotopic (exact) mass is 415 g/mol. The van der Waals surface area contributed by atoms with Crippen LogP contribution in [0.15, 0.2) is 47.4 Å². The molecule has 2 rings (SSSR count). The van der Waals surface area contributed by atoms with E-state index in [4.69, 9.17) is 0 Å². The summed E-state index contributed by atoms with van der Waals surface area (Å²) < 4.78 is 65.7. The van der Waals surface area contributed by atoms with Gasteiger partial charge in [0.2, 0.25) is 5.91 Å². The first-order valence-corrected chi connectivity index (χ1v) is 9.62. The predicted octanol–water partition coefficient (Wildman–Crippen LogP) is 3.31. The lowest BCUT2D eigenvalue weighted by atomic mass is 10.2. The molecular weight excluding hydrogens is 395 g/mol. The first-order valence-electron chi connectivity index (χ1n) is 8.14. The lowest BCUT2D eigenvalue weighted by Crippen LogP contribution is -2.27. The summed E-state index contributed by atoms with van der Waals surface area (Å²) in [6.07, 6.45) is -4.58. The molecule has 1 amide bonds. The normalized spacial score (nSPS) is 12.1. The number of carbonyl (C=O) groups is 1. The summed E-state index contributed by atoms with van der Waals surface area (Å²) in [7, 11) is -0.637. The van der Waals surface area contributed by atoms with Crippen molar-refractivity contribution >= 4 is 27.3 Å². The molecule has 0 bridgehead atoms. The maximum atomic E-state index is 12.8. The van der Waals surface area contributed by atoms with Crippen LogP contribution in [-0.2, 0) is 21.0 Å². The molecule has 0 aromatic heterocycles. The number of carbonyl (C=O) groups excluding carboxylic acids is 1. The molecule has 28 heavy (non-hydrogen) atoms. The molecule has 0 spiro atoms. The third kappa shape index (κ3) is 5.70. The van der Waals surface area contributed by atoms with E-state index in [0.29, 0.717) is 11.3 Å². The molecule has 2 N–H and O–H groups in total. The molecule has 0 saturated carbocycles. The van der Waals surface area contributed by atoms with Gasteiger partial charge in [-0.15, -0.1) is 0 Å². The van der Waals surface area contributed by atoms with E-state index in [0.717, 1.165) is 18.2 Å². The molecule has 0 heterocycles. The minimum atomic E-state index is -4.58. The minimum absolute atomic E-state index is 0.101. The highest BCUT2D eigenvalue weighted by Gasteiger charge is 2.30. The molecule has 10 heteroatoms. The number of halogens is 3. The number of aryl methyl sites for hydroxylation is 1. The van der Waals surface area contributed by atoms with E-state index in [1.54, 1.807) is 19.0 Å². The van der Waals surface area contributed by atoms with Crippen LogP contribution in [0.1, 0.15) is 11.1 Å². The Morgan fingerprint density at radius 3 is 2.32 bits per heavy atom. The number of nitrogens with one attached hydrogen (secondary N) is 2. The van der Waals surface area contributed by atoms with Gasteiger partial charge in [-0.05, 0) is 63.0 Å². The maximum absolute atomic E-state index is 12.8. The molecule has 152 valence electrons. The van der Waals surface area contributed by atoms with E-state index in [9.17, 15) is 26.4 Å². The summed E-state index contributed by atoms with van der Waals surface area (Å²) in [5.41, 5.74) is -0.398. The van der Waals surface area contributed by atoms with Crippen molar-refractivity contribution < 1.29 is 26.4 Å². The fraction of sp³-hybridized carbons (Fsp3) is 0.278. The minimum Gasteiger partial charge on any atom is -0.325 e. The number of sulfonamides is 1. The molecule has 2 aromatic carbocycles. The van der Waals surface area contributed by atoms with Crippen molar-refractivity contribution in [2.24, 2.45) is 0 Å². The Kier molecular flexibility index (Phi) is 6.35. The Balaban J connectivity index is 2.23. The Hall–Kier alpha value is -2.59. The van der Waals surface area contributed by atoms with E-state index >= 15 is 0 Å². The third-order valence-corrected chi connectivity index (χ3v) is 5.19. The van der Waals surface area contributed by atoms with Gasteiger partial charge in [-0.3, -0.25) is 9.52 Å². The van der Waals surface area contributed by atoms with E-state index < -0.39 is 21.8 Å². The van der Waals surface area contributed by atoms with Crippen molar-refractivity contribution in [2.45, 2.75) is 18.0 Å². The van der Waals surface area contributed by atoms with Gasteiger partial charge in [0.25, 0.3) is 10.0 Å². The Morgan fingerprint density at radius 1 is 1.07 bits per heavy atom. The number of likely N-dealkylation sites (N-methyl/N-ethyl adjacent to an activating group) is 1. The first kappa shape index (κ1) is 21.7. The topological polar surface area (TPSA) is 78.5 Å². The number of benzene rings is 2. The molecule has 0 aliphatic rings. The molecule has 0 fully saturated rings. The van der Waals surface area contributed by atoms with Gasteiger partial charge in [0.1, 0.15) is 0 Å². The zero-order chi connectivity index (χ0) is 21.1. The second-order valence-electron chi connectivity index (χ2n) is 6.45. The van der Waals surface area contributed by atoms with Crippen LogP contribution < -0.4 is 10.0 Å². The maximum Gasteiger partial charge on any atom is 0.416 e. The van der Waals surface area contributed by atoms with Crippen LogP contribution in [0.2, 0.25) is 0 Å². The van der Waals surface area contributed by atoms with Crippen LogP contribution >= 0.6 is 0 Å². The number of amides is 1. The van der Waals surface area contributed by atoms with Gasteiger partial charge in [-0.25, -0.2) is 8.42 Å². The van der Waals surface area contributed by atoms with E-state index in [1.807, 2.05) is 0 Å². The summed E-state index contributed by atoms with van der Waals surface area (Å²) in [5.74, 6) is -0.262. The number of hydrogen-bond acceptors (Lipinski definition) is 4. The fourth-order valence-electron chi connectivity index (χ4n) is 2.49. The summed E-state index contributed by atoms with van der Waals surface area (Å²) in [6, 6.07) is 8.12. The van der Waals surface area contributed by atoms with Crippen LogP contribution in [0.3, 0.4) is 0 Å². The number of rotatable bonds is 6. The Labute approximate surface area is 161 Å². The molecule has 2 aromatic rings. The van der Waals surface area contributed by atoms with Crippen LogP contribution in [-0.4, -0.2) is 39.9 Å². The van der Waals surface area contributed by atoms with Crippen molar-refractivity contribution in [3.63, 3.8) is 0 Å². The molecule has 0 aliphatic heterocycles. The van der Waals surface area contributed by atoms with E-state index in [2.05, 4.69) is 10.0 Å². The smallest absolute Gasteiger partial charge is 0.325 e. The highest BCUT2D eigenvalue weighted by atomic mass is 32.2. The first-order chi connectivity index (χ1) is 12.9. The largest absolute Gasteiger partial charge is 0.416 e. The van der Waals surface area contributed by atoms with Crippen LogP contribution in [0.4, 0.5) is 24.5 Å². The average Bonchev–Trinajstić information content (AvgIpc) is 2.52. The van der Waals surface area contributed by atoms with Crippen molar-refractivity contribution in [1.29, 1.82) is 0 Å². The van der Waals surface area contributed by atoms with Gasteiger partial charge >= 0.3 is 6.18 Å². The summed E-state index contributed by atoms with van der Waals surface area (Å²) in [6.45, 7) is 1.69. The molecule has 0 unspecified atom stereocenters. The van der Waals surface area contributed by atoms with Crippen LogP contribution in [0.25, 0.3) is 0 Å². The number of alkyl halides is 3. The highest BCUT2D eigenvalue weighted by Crippen LogP contribution is 2.31. The second kappa shape index (κ2) is 8.19. The van der Waals surface area contributed by atoms with Crippen molar-refractivity contribution in [2.75, 3.05) is 30.7 Å². The molecular formula is C18H20F3N3O3S. The SMILES string of the molecule is Cc1cc(NC(=O)CN(C)C)ccc1S(=O)(=O)Nc1cccc(C(F)(F)F)c1. The summed E-state index contributed by atoms with van der Waals surface area (Å²) in [5, 5.41) is 2.65.